The fourth-order valence-electron chi connectivity index (χ4n) is 4.74. The van der Waals surface area contributed by atoms with Crippen molar-refractivity contribution in [2.24, 2.45) is 0 Å². The molecule has 36 heavy (non-hydrogen) atoms. The maximum absolute atomic E-state index is 13.5. The lowest BCUT2D eigenvalue weighted by Gasteiger charge is -2.25. The number of hydrogen-bond donors (Lipinski definition) is 0. The van der Waals surface area contributed by atoms with Crippen LogP contribution in [0.2, 0.25) is 0 Å². The van der Waals surface area contributed by atoms with Crippen LogP contribution in [0.25, 0.3) is 10.9 Å². The van der Waals surface area contributed by atoms with Crippen molar-refractivity contribution in [2.75, 3.05) is 23.4 Å². The molecule has 1 aliphatic rings. The van der Waals surface area contributed by atoms with Crippen molar-refractivity contribution < 1.29 is 14.3 Å². The van der Waals surface area contributed by atoms with Crippen molar-refractivity contribution in [1.82, 2.24) is 4.57 Å². The van der Waals surface area contributed by atoms with Gasteiger partial charge in [-0.05, 0) is 81.5 Å². The molecule has 0 spiro atoms. The fourth-order valence-corrected chi connectivity index (χ4v) is 4.74. The summed E-state index contributed by atoms with van der Waals surface area (Å²) in [5.41, 5.74) is 4.20. The first-order valence-corrected chi connectivity index (χ1v) is 12.5. The highest BCUT2D eigenvalue weighted by Crippen LogP contribution is 2.34. The van der Waals surface area contributed by atoms with Gasteiger partial charge in [0.15, 0.2) is 0 Å². The average Bonchev–Trinajstić information content (AvgIpc) is 3.24. The summed E-state index contributed by atoms with van der Waals surface area (Å²) in [6.45, 7) is 12.7. The van der Waals surface area contributed by atoms with Gasteiger partial charge in [0.05, 0.1) is 11.2 Å². The molecular weight excluding hydrogens is 454 g/mol. The van der Waals surface area contributed by atoms with Crippen LogP contribution in [-0.2, 0) is 17.7 Å². The summed E-state index contributed by atoms with van der Waals surface area (Å²) in [5.74, 6) is -0.0204. The minimum Gasteiger partial charge on any atom is -0.443 e. The van der Waals surface area contributed by atoms with Crippen molar-refractivity contribution >= 4 is 34.3 Å². The monoisotopic (exact) mass is 489 g/mol. The Hall–Kier alpha value is -3.61. The number of hydrogen-bond acceptors (Lipinski definition) is 4. The molecule has 7 heteroatoms. The standard InChI is InChI=1S/C29H35N3O4/c1-8-31-24-12-10-20(15-23(24)22(18(2)3)17-26(31)33)27(34)30(7)21-11-9-19-13-14-32(25(19)16-21)28(35)36-29(4,5)6/h9-12,15-18H,8,13-14H2,1-7H3. The summed E-state index contributed by atoms with van der Waals surface area (Å²) in [6.07, 6.45) is 0.360. The molecule has 4 rings (SSSR count). The Morgan fingerprint density at radius 2 is 1.81 bits per heavy atom. The molecule has 7 nitrogen and oxygen atoms in total. The van der Waals surface area contributed by atoms with Gasteiger partial charge in [-0.1, -0.05) is 19.9 Å². The minimum atomic E-state index is -0.585. The van der Waals surface area contributed by atoms with Crippen LogP contribution in [0.15, 0.2) is 47.3 Å². The van der Waals surface area contributed by atoms with Crippen LogP contribution in [0.4, 0.5) is 16.2 Å². The largest absolute Gasteiger partial charge is 0.443 e. The number of ether oxygens (including phenoxy) is 1. The van der Waals surface area contributed by atoms with E-state index in [1.807, 2.05) is 71.9 Å². The van der Waals surface area contributed by atoms with Crippen molar-refractivity contribution in [3.8, 4) is 0 Å². The summed E-state index contributed by atoms with van der Waals surface area (Å²) < 4.78 is 7.30. The lowest BCUT2D eigenvalue weighted by Crippen LogP contribution is -2.35. The first-order chi connectivity index (χ1) is 16.9. The van der Waals surface area contributed by atoms with E-state index in [-0.39, 0.29) is 23.5 Å². The molecule has 3 aromatic rings. The van der Waals surface area contributed by atoms with Crippen LogP contribution in [0, 0.1) is 0 Å². The Morgan fingerprint density at radius 3 is 2.44 bits per heavy atom. The molecule has 0 bridgehead atoms. The summed E-state index contributed by atoms with van der Waals surface area (Å²) >= 11 is 0. The van der Waals surface area contributed by atoms with E-state index >= 15 is 0 Å². The molecule has 0 atom stereocenters. The lowest BCUT2D eigenvalue weighted by atomic mass is 9.97. The van der Waals surface area contributed by atoms with Gasteiger partial charge in [-0.15, -0.1) is 0 Å². The van der Waals surface area contributed by atoms with E-state index in [2.05, 4.69) is 0 Å². The molecule has 0 N–H and O–H groups in total. The Balaban J connectivity index is 1.69. The summed E-state index contributed by atoms with van der Waals surface area (Å²) in [6, 6.07) is 13.0. The topological polar surface area (TPSA) is 71.9 Å². The quantitative estimate of drug-likeness (QED) is 0.470. The number of anilines is 2. The van der Waals surface area contributed by atoms with Gasteiger partial charge < -0.3 is 14.2 Å². The zero-order valence-electron chi connectivity index (χ0n) is 22.2. The van der Waals surface area contributed by atoms with E-state index in [1.54, 1.807) is 33.5 Å². The zero-order valence-corrected chi connectivity index (χ0v) is 22.2. The molecule has 0 fully saturated rings. The number of aryl methyl sites for hydroxylation is 1. The lowest BCUT2D eigenvalue weighted by molar-refractivity contribution is 0.0584. The Labute approximate surface area is 212 Å². The summed E-state index contributed by atoms with van der Waals surface area (Å²) in [7, 11) is 1.73. The highest BCUT2D eigenvalue weighted by molar-refractivity contribution is 6.08. The van der Waals surface area contributed by atoms with Gasteiger partial charge in [-0.25, -0.2) is 4.79 Å². The molecule has 0 radical (unpaired) electrons. The molecule has 0 unspecified atom stereocenters. The van der Waals surface area contributed by atoms with Crippen molar-refractivity contribution in [3.05, 3.63) is 69.5 Å². The van der Waals surface area contributed by atoms with Crippen LogP contribution < -0.4 is 15.4 Å². The summed E-state index contributed by atoms with van der Waals surface area (Å²) in [5, 5.41) is 0.913. The van der Waals surface area contributed by atoms with Gasteiger partial charge >= 0.3 is 6.09 Å². The first-order valence-electron chi connectivity index (χ1n) is 12.5. The van der Waals surface area contributed by atoms with E-state index in [4.69, 9.17) is 4.74 Å². The molecule has 2 amide bonds. The molecule has 0 saturated carbocycles. The summed E-state index contributed by atoms with van der Waals surface area (Å²) in [4.78, 5) is 42.1. The molecule has 0 saturated heterocycles. The highest BCUT2D eigenvalue weighted by atomic mass is 16.6. The van der Waals surface area contributed by atoms with Crippen LogP contribution in [0.5, 0.6) is 0 Å². The van der Waals surface area contributed by atoms with Crippen molar-refractivity contribution in [1.29, 1.82) is 0 Å². The zero-order chi connectivity index (χ0) is 26.4. The van der Waals surface area contributed by atoms with Crippen LogP contribution >= 0.6 is 0 Å². The Kier molecular flexibility index (Phi) is 6.69. The van der Waals surface area contributed by atoms with Crippen LogP contribution in [0.1, 0.15) is 68.9 Å². The first kappa shape index (κ1) is 25.5. The molecular formula is C29H35N3O4. The third kappa shape index (κ3) is 4.74. The SMILES string of the molecule is CCn1c(=O)cc(C(C)C)c2cc(C(=O)N(C)c3ccc4c(c3)N(C(=O)OC(C)(C)C)CC4)ccc21. The second-order valence-corrected chi connectivity index (χ2v) is 10.6. The van der Waals surface area contributed by atoms with Gasteiger partial charge in [-0.2, -0.15) is 0 Å². The number of aromatic nitrogens is 1. The van der Waals surface area contributed by atoms with Crippen LogP contribution in [-0.4, -0.2) is 35.8 Å². The average molecular weight is 490 g/mol. The predicted octanol–water partition coefficient (Wildman–Crippen LogP) is 5.72. The maximum Gasteiger partial charge on any atom is 0.414 e. The highest BCUT2D eigenvalue weighted by Gasteiger charge is 2.30. The van der Waals surface area contributed by atoms with Gasteiger partial charge in [0.2, 0.25) is 0 Å². The van der Waals surface area contributed by atoms with E-state index in [1.165, 1.54) is 0 Å². The van der Waals surface area contributed by atoms with Gasteiger partial charge in [0, 0.05) is 42.8 Å². The van der Waals surface area contributed by atoms with Crippen LogP contribution in [0.3, 0.4) is 0 Å². The number of fused-ring (bicyclic) bond motifs is 2. The van der Waals surface area contributed by atoms with E-state index < -0.39 is 5.60 Å². The maximum atomic E-state index is 13.5. The van der Waals surface area contributed by atoms with Crippen molar-refractivity contribution in [2.45, 2.75) is 66.0 Å². The van der Waals surface area contributed by atoms with E-state index in [9.17, 15) is 14.4 Å². The van der Waals surface area contributed by atoms with E-state index in [0.29, 0.717) is 24.3 Å². The Bertz CT molecular complexity index is 1400. The molecule has 1 aliphatic heterocycles. The number of nitrogens with zero attached hydrogens (tertiary/aromatic N) is 3. The van der Waals surface area contributed by atoms with Gasteiger partial charge in [0.1, 0.15) is 5.60 Å². The number of carbonyl (C=O) groups is 2. The third-order valence-electron chi connectivity index (χ3n) is 6.60. The number of pyridine rings is 1. The Morgan fingerprint density at radius 1 is 1.08 bits per heavy atom. The third-order valence-corrected chi connectivity index (χ3v) is 6.60. The number of carbonyl (C=O) groups excluding carboxylic acids is 2. The molecule has 2 heterocycles. The smallest absolute Gasteiger partial charge is 0.414 e. The van der Waals surface area contributed by atoms with E-state index in [0.717, 1.165) is 34.1 Å². The van der Waals surface area contributed by atoms with Gasteiger partial charge in [0.25, 0.3) is 11.5 Å². The molecule has 0 aliphatic carbocycles. The second kappa shape index (κ2) is 9.45. The molecule has 1 aromatic heterocycles. The fraction of sp³-hybridized carbons (Fsp3) is 0.414. The number of benzene rings is 2. The number of rotatable bonds is 4. The minimum absolute atomic E-state index is 0.0300. The molecule has 2 aromatic carbocycles. The normalized spacial score (nSPS) is 13.3. The molecule has 190 valence electrons. The predicted molar refractivity (Wildman–Crippen MR) is 144 cm³/mol. The van der Waals surface area contributed by atoms with Gasteiger partial charge in [-0.3, -0.25) is 14.5 Å². The second-order valence-electron chi connectivity index (χ2n) is 10.6. The number of amides is 2. The van der Waals surface area contributed by atoms with Crippen molar-refractivity contribution in [3.63, 3.8) is 0 Å².